The van der Waals surface area contributed by atoms with E-state index in [0.29, 0.717) is 0 Å². The maximum atomic E-state index is 11.0. The minimum absolute atomic E-state index is 0.0266. The van der Waals surface area contributed by atoms with Gasteiger partial charge in [-0.15, -0.1) is 0 Å². The van der Waals surface area contributed by atoms with E-state index in [2.05, 4.69) is 4.98 Å². The highest BCUT2D eigenvalue weighted by molar-refractivity contribution is 7.71. The normalized spacial score (nSPS) is 32.9. The predicted molar refractivity (Wildman–Crippen MR) is 58.9 cm³/mol. The first-order chi connectivity index (χ1) is 7.99. The predicted octanol–water partition coefficient (Wildman–Crippen LogP) is -1.70. The molecule has 0 spiro atoms. The molecule has 1 fully saturated rings. The van der Waals surface area contributed by atoms with Crippen molar-refractivity contribution in [3.63, 3.8) is 0 Å². The third-order valence-electron chi connectivity index (χ3n) is 2.76. The molecule has 0 aromatic carbocycles. The average molecular weight is 260 g/mol. The van der Waals surface area contributed by atoms with Gasteiger partial charge in [0.25, 0.3) is 5.56 Å². The van der Waals surface area contributed by atoms with Gasteiger partial charge in [0.1, 0.15) is 12.2 Å². The molecule has 3 atom stereocenters. The van der Waals surface area contributed by atoms with Gasteiger partial charge in [-0.1, -0.05) is 0 Å². The number of ether oxygens (including phenoxy) is 1. The fourth-order valence-electron chi connectivity index (χ4n) is 1.79. The Morgan fingerprint density at radius 2 is 2.41 bits per heavy atom. The van der Waals surface area contributed by atoms with E-state index < -0.39 is 30.1 Å². The third-order valence-corrected chi connectivity index (χ3v) is 3.06. The summed E-state index contributed by atoms with van der Waals surface area (Å²) in [5.74, 6) is 0. The zero-order valence-corrected chi connectivity index (χ0v) is 9.55. The number of H-pyrrole nitrogens is 1. The second-order valence-corrected chi connectivity index (χ2v) is 4.22. The van der Waals surface area contributed by atoms with Gasteiger partial charge in [-0.25, -0.2) is 0 Å². The average Bonchev–Trinajstić information content (AvgIpc) is 2.56. The van der Waals surface area contributed by atoms with Crippen molar-refractivity contribution in [2.24, 2.45) is 0 Å². The Morgan fingerprint density at radius 3 is 2.94 bits per heavy atom. The lowest BCUT2D eigenvalue weighted by atomic mass is 10.1. The summed E-state index contributed by atoms with van der Waals surface area (Å²) < 4.78 is 6.18. The molecule has 0 amide bonds. The van der Waals surface area contributed by atoms with Crippen molar-refractivity contribution >= 4 is 12.2 Å². The van der Waals surface area contributed by atoms with Crippen molar-refractivity contribution in [1.29, 1.82) is 0 Å². The second kappa shape index (κ2) is 4.31. The van der Waals surface area contributed by atoms with E-state index in [0.717, 1.165) is 4.57 Å². The Morgan fingerprint density at radius 1 is 1.71 bits per heavy atom. The van der Waals surface area contributed by atoms with E-state index in [4.69, 9.17) is 22.1 Å². The van der Waals surface area contributed by atoms with E-state index in [1.165, 1.54) is 12.3 Å². The summed E-state index contributed by atoms with van der Waals surface area (Å²) in [6, 6.07) is 1.17. The van der Waals surface area contributed by atoms with Crippen LogP contribution in [0.4, 0.5) is 0 Å². The number of rotatable bonds is 2. The summed E-state index contributed by atoms with van der Waals surface area (Å²) in [6.45, 7) is -0.639. The summed E-state index contributed by atoms with van der Waals surface area (Å²) in [6.07, 6.45) is -0.938. The van der Waals surface area contributed by atoms with E-state index in [9.17, 15) is 15.0 Å². The zero-order chi connectivity index (χ0) is 12.6. The summed E-state index contributed by atoms with van der Waals surface area (Å²) in [7, 11) is 0. The first-order valence-corrected chi connectivity index (χ1v) is 5.35. The maximum absolute atomic E-state index is 11.0. The maximum Gasteiger partial charge on any atom is 0.251 e. The van der Waals surface area contributed by atoms with E-state index in [-0.39, 0.29) is 11.4 Å². The Hall–Kier alpha value is -1.06. The lowest BCUT2D eigenvalue weighted by molar-refractivity contribution is -0.114. The number of aliphatic hydroxyl groups excluding tert-OH is 2. The first kappa shape index (κ1) is 12.4. The van der Waals surface area contributed by atoms with Crippen LogP contribution < -0.4 is 5.56 Å². The molecule has 0 radical (unpaired) electrons. The van der Waals surface area contributed by atoms with Crippen LogP contribution in [0.3, 0.4) is 0 Å². The molecule has 2 rings (SSSR count). The van der Waals surface area contributed by atoms with Crippen molar-refractivity contribution in [2.75, 3.05) is 13.2 Å². The molecule has 1 saturated heterocycles. The summed E-state index contributed by atoms with van der Waals surface area (Å²) in [5, 5.41) is 29.1. The number of nitrogens with one attached hydrogen (secondary N) is 1. The number of aliphatic hydroxyl groups is 3. The summed E-state index contributed by atoms with van der Waals surface area (Å²) >= 11 is 4.89. The Kier molecular flexibility index (Phi) is 3.15. The molecule has 1 aliphatic heterocycles. The van der Waals surface area contributed by atoms with E-state index in [1.807, 2.05) is 0 Å². The van der Waals surface area contributed by atoms with Crippen molar-refractivity contribution in [2.45, 2.75) is 17.9 Å². The molecule has 1 aliphatic rings. The van der Waals surface area contributed by atoms with Gasteiger partial charge in [-0.2, -0.15) is 0 Å². The lowest BCUT2D eigenvalue weighted by Crippen LogP contribution is -2.47. The van der Waals surface area contributed by atoms with Crippen LogP contribution in [0, 0.1) is 4.77 Å². The van der Waals surface area contributed by atoms with Gasteiger partial charge in [0, 0.05) is 12.3 Å². The fourth-order valence-corrected chi connectivity index (χ4v) is 2.11. The van der Waals surface area contributed by atoms with Crippen LogP contribution in [0.1, 0.15) is 0 Å². The van der Waals surface area contributed by atoms with E-state index >= 15 is 0 Å². The second-order valence-electron chi connectivity index (χ2n) is 3.84. The number of aromatic nitrogens is 2. The van der Waals surface area contributed by atoms with Crippen molar-refractivity contribution in [1.82, 2.24) is 9.55 Å². The highest BCUT2D eigenvalue weighted by Gasteiger charge is 2.49. The minimum atomic E-state index is -1.78. The molecule has 2 heterocycles. The van der Waals surface area contributed by atoms with Crippen molar-refractivity contribution in [3.8, 4) is 0 Å². The lowest BCUT2D eigenvalue weighted by Gasteiger charge is -2.28. The molecule has 0 aliphatic carbocycles. The molecule has 17 heavy (non-hydrogen) atoms. The van der Waals surface area contributed by atoms with Crippen LogP contribution in [0.5, 0.6) is 0 Å². The van der Waals surface area contributed by atoms with Gasteiger partial charge in [-0.05, 0) is 12.2 Å². The first-order valence-electron chi connectivity index (χ1n) is 4.94. The minimum Gasteiger partial charge on any atom is -0.394 e. The Labute approximate surface area is 101 Å². The smallest absolute Gasteiger partial charge is 0.251 e. The monoisotopic (exact) mass is 260 g/mol. The molecule has 0 bridgehead atoms. The molecule has 8 heteroatoms. The van der Waals surface area contributed by atoms with Crippen LogP contribution >= 0.6 is 12.2 Å². The quantitative estimate of drug-likeness (QED) is 0.472. The molecule has 7 nitrogen and oxygen atoms in total. The number of hydrogen-bond donors (Lipinski definition) is 4. The third kappa shape index (κ3) is 1.94. The molecule has 0 saturated carbocycles. The molecule has 1 aromatic heterocycles. The summed E-state index contributed by atoms with van der Waals surface area (Å²) in [5.41, 5.74) is -2.18. The van der Waals surface area contributed by atoms with Gasteiger partial charge in [0.05, 0.1) is 13.2 Å². The molecule has 1 aromatic rings. The van der Waals surface area contributed by atoms with Gasteiger partial charge in [0.2, 0.25) is 0 Å². The van der Waals surface area contributed by atoms with Crippen LogP contribution in [-0.2, 0) is 10.5 Å². The van der Waals surface area contributed by atoms with Crippen molar-refractivity contribution in [3.05, 3.63) is 27.4 Å². The highest BCUT2D eigenvalue weighted by atomic mass is 32.1. The SMILES string of the molecule is O=c1ccn([C@@]2(O)CO[C@H](CO)[C@H]2O)c(=S)[nH]1. The molecule has 4 N–H and O–H groups in total. The number of nitrogens with zero attached hydrogens (tertiary/aromatic N) is 1. The van der Waals surface area contributed by atoms with E-state index in [1.54, 1.807) is 0 Å². The number of hydrogen-bond acceptors (Lipinski definition) is 6. The van der Waals surface area contributed by atoms with Gasteiger partial charge in [-0.3, -0.25) is 14.3 Å². The number of aromatic amines is 1. The van der Waals surface area contributed by atoms with Gasteiger partial charge >= 0.3 is 0 Å². The molecular formula is C9H12N2O5S. The molecule has 94 valence electrons. The van der Waals surface area contributed by atoms with Crippen molar-refractivity contribution < 1.29 is 20.1 Å². The standard InChI is InChI=1S/C9H12N2O5S/c12-3-5-7(14)9(15,4-16-5)11-2-1-6(13)10-8(11)17/h1-2,5,7,12,14-15H,3-4H2,(H,10,13,17)/t5-,7-,9-/m1/s1. The molecule has 0 unspecified atom stereocenters. The largest absolute Gasteiger partial charge is 0.394 e. The van der Waals surface area contributed by atoms with Gasteiger partial charge in [0.15, 0.2) is 10.5 Å². The Balaban J connectivity index is 2.46. The highest BCUT2D eigenvalue weighted by Crippen LogP contribution is 2.29. The van der Waals surface area contributed by atoms with Crippen LogP contribution in [0.2, 0.25) is 0 Å². The summed E-state index contributed by atoms with van der Waals surface area (Å²) in [4.78, 5) is 13.3. The fraction of sp³-hybridized carbons (Fsp3) is 0.556. The van der Waals surface area contributed by atoms with Gasteiger partial charge < -0.3 is 20.1 Å². The van der Waals surface area contributed by atoms with Crippen LogP contribution in [0.25, 0.3) is 0 Å². The topological polar surface area (TPSA) is 108 Å². The van der Waals surface area contributed by atoms with Crippen LogP contribution in [-0.4, -0.2) is 50.3 Å². The van der Waals surface area contributed by atoms with Crippen LogP contribution in [0.15, 0.2) is 17.1 Å². The zero-order valence-electron chi connectivity index (χ0n) is 8.74. The Bertz CT molecular complexity index is 527. The molecular weight excluding hydrogens is 248 g/mol.